The summed E-state index contributed by atoms with van der Waals surface area (Å²) in [4.78, 5) is 28.0. The van der Waals surface area contributed by atoms with Crippen LogP contribution in [0.4, 0.5) is 0 Å². The molecule has 12 heavy (non-hydrogen) atoms. The number of amides is 1. The summed E-state index contributed by atoms with van der Waals surface area (Å²) in [5, 5.41) is 1.38. The summed E-state index contributed by atoms with van der Waals surface area (Å²) >= 11 is 0. The predicted octanol–water partition coefficient (Wildman–Crippen LogP) is -0.761. The minimum Gasteiger partial charge on any atom is -0.368 e. The molecule has 0 unspecified atom stereocenters. The first-order valence-corrected chi connectivity index (χ1v) is 3.77. The van der Waals surface area contributed by atoms with Crippen LogP contribution in [0.3, 0.4) is 0 Å². The van der Waals surface area contributed by atoms with Crippen LogP contribution in [0.2, 0.25) is 0 Å². The van der Waals surface area contributed by atoms with E-state index in [1.807, 2.05) is 0 Å². The van der Waals surface area contributed by atoms with Gasteiger partial charge in [-0.3, -0.25) is 9.59 Å². The Kier molecular flexibility index (Phi) is 2.65. The number of piperazine rings is 1. The van der Waals surface area contributed by atoms with Crippen LogP contribution in [-0.2, 0) is 14.4 Å². The Bertz CT molecular complexity index is 205. The average Bonchev–Trinajstić information content (AvgIpc) is 1.96. The third-order valence-electron chi connectivity index (χ3n) is 1.68. The number of hydrogen-bond acceptors (Lipinski definition) is 4. The van der Waals surface area contributed by atoms with E-state index < -0.39 is 0 Å². The van der Waals surface area contributed by atoms with Crippen molar-refractivity contribution in [3.8, 4) is 0 Å². The highest BCUT2D eigenvalue weighted by Crippen LogP contribution is 2.01. The van der Waals surface area contributed by atoms with Gasteiger partial charge in [0.1, 0.15) is 6.54 Å². The van der Waals surface area contributed by atoms with Crippen LogP contribution in [0.15, 0.2) is 0 Å². The van der Waals surface area contributed by atoms with Gasteiger partial charge >= 0.3 is 5.97 Å². The van der Waals surface area contributed by atoms with Crippen molar-refractivity contribution >= 4 is 11.9 Å². The molecule has 5 heteroatoms. The SMILES string of the molecule is CC(=O)ON1CCN(C)C(=O)C1. The Morgan fingerprint density at radius 2 is 2.17 bits per heavy atom. The first-order valence-electron chi connectivity index (χ1n) is 3.77. The Morgan fingerprint density at radius 1 is 1.50 bits per heavy atom. The summed E-state index contributed by atoms with van der Waals surface area (Å²) in [6.45, 7) is 2.67. The lowest BCUT2D eigenvalue weighted by molar-refractivity contribution is -0.196. The third kappa shape index (κ3) is 2.20. The molecule has 5 nitrogen and oxygen atoms in total. The zero-order valence-electron chi connectivity index (χ0n) is 7.24. The van der Waals surface area contributed by atoms with Gasteiger partial charge in [0.05, 0.1) is 6.54 Å². The molecule has 1 fully saturated rings. The molecule has 0 saturated carbocycles. The fourth-order valence-corrected chi connectivity index (χ4v) is 0.997. The molecule has 1 saturated heterocycles. The highest BCUT2D eigenvalue weighted by Gasteiger charge is 2.22. The Hall–Kier alpha value is -1.10. The van der Waals surface area contributed by atoms with Crippen LogP contribution in [0.5, 0.6) is 0 Å². The quantitative estimate of drug-likeness (QED) is 0.521. The summed E-state index contributed by atoms with van der Waals surface area (Å²) in [6.07, 6.45) is 0. The molecule has 0 aliphatic carbocycles. The van der Waals surface area contributed by atoms with E-state index in [1.165, 1.54) is 12.0 Å². The zero-order valence-corrected chi connectivity index (χ0v) is 7.24. The lowest BCUT2D eigenvalue weighted by Crippen LogP contribution is -2.48. The summed E-state index contributed by atoms with van der Waals surface area (Å²) in [6, 6.07) is 0. The second kappa shape index (κ2) is 3.53. The van der Waals surface area contributed by atoms with Gasteiger partial charge in [-0.15, -0.1) is 5.06 Å². The topological polar surface area (TPSA) is 49.9 Å². The van der Waals surface area contributed by atoms with Gasteiger partial charge in [0.25, 0.3) is 0 Å². The van der Waals surface area contributed by atoms with E-state index in [2.05, 4.69) is 0 Å². The van der Waals surface area contributed by atoms with Gasteiger partial charge in [0.15, 0.2) is 0 Å². The monoisotopic (exact) mass is 172 g/mol. The average molecular weight is 172 g/mol. The van der Waals surface area contributed by atoms with E-state index in [0.29, 0.717) is 13.1 Å². The maximum absolute atomic E-state index is 11.1. The number of nitrogens with zero attached hydrogens (tertiary/aromatic N) is 2. The standard InChI is InChI=1S/C7H12N2O3/c1-6(10)12-9-4-3-8(2)7(11)5-9/h3-5H2,1-2H3. The molecule has 0 radical (unpaired) electrons. The molecule has 1 aliphatic rings. The Labute approximate surface area is 70.8 Å². The number of carbonyl (C=O) groups is 2. The number of carbonyl (C=O) groups excluding carboxylic acids is 2. The molecule has 0 aromatic carbocycles. The van der Waals surface area contributed by atoms with Crippen molar-refractivity contribution in [2.45, 2.75) is 6.92 Å². The molecule has 0 aromatic heterocycles. The van der Waals surface area contributed by atoms with Gasteiger partial charge in [-0.05, 0) is 0 Å². The molecule has 1 heterocycles. The third-order valence-corrected chi connectivity index (χ3v) is 1.68. The molecule has 1 aliphatic heterocycles. The van der Waals surface area contributed by atoms with Gasteiger partial charge < -0.3 is 9.74 Å². The highest BCUT2D eigenvalue weighted by atomic mass is 16.7. The van der Waals surface area contributed by atoms with E-state index >= 15 is 0 Å². The normalized spacial score (nSPS) is 19.5. The molecule has 0 bridgehead atoms. The zero-order chi connectivity index (χ0) is 9.14. The largest absolute Gasteiger partial charge is 0.368 e. The predicted molar refractivity (Wildman–Crippen MR) is 41.0 cm³/mol. The molecular formula is C7H12N2O3. The van der Waals surface area contributed by atoms with Gasteiger partial charge in [-0.1, -0.05) is 0 Å². The van der Waals surface area contributed by atoms with Crippen LogP contribution in [0, 0.1) is 0 Å². The van der Waals surface area contributed by atoms with Crippen molar-refractivity contribution in [2.24, 2.45) is 0 Å². The van der Waals surface area contributed by atoms with Gasteiger partial charge in [-0.25, -0.2) is 0 Å². The van der Waals surface area contributed by atoms with Crippen LogP contribution in [0.1, 0.15) is 6.92 Å². The second-order valence-corrected chi connectivity index (χ2v) is 2.76. The van der Waals surface area contributed by atoms with E-state index in [-0.39, 0.29) is 18.4 Å². The number of rotatable bonds is 1. The van der Waals surface area contributed by atoms with E-state index in [4.69, 9.17) is 4.84 Å². The summed E-state index contributed by atoms with van der Waals surface area (Å²) in [5.41, 5.74) is 0. The molecule has 68 valence electrons. The second-order valence-electron chi connectivity index (χ2n) is 2.76. The molecule has 1 rings (SSSR count). The fourth-order valence-electron chi connectivity index (χ4n) is 0.997. The number of likely N-dealkylation sites (N-methyl/N-ethyl adjacent to an activating group) is 1. The van der Waals surface area contributed by atoms with Crippen molar-refractivity contribution in [2.75, 3.05) is 26.7 Å². The number of hydrogen-bond donors (Lipinski definition) is 0. The molecule has 1 amide bonds. The maximum atomic E-state index is 11.1. The highest BCUT2D eigenvalue weighted by molar-refractivity contribution is 5.78. The van der Waals surface area contributed by atoms with Gasteiger partial charge in [-0.2, -0.15) is 0 Å². The van der Waals surface area contributed by atoms with Crippen molar-refractivity contribution in [1.29, 1.82) is 0 Å². The van der Waals surface area contributed by atoms with Crippen LogP contribution in [-0.4, -0.2) is 48.5 Å². The van der Waals surface area contributed by atoms with Crippen LogP contribution >= 0.6 is 0 Å². The van der Waals surface area contributed by atoms with Crippen molar-refractivity contribution in [3.63, 3.8) is 0 Å². The lowest BCUT2D eigenvalue weighted by Gasteiger charge is -2.29. The Morgan fingerprint density at radius 3 is 2.67 bits per heavy atom. The Balaban J connectivity index is 2.40. The summed E-state index contributed by atoms with van der Waals surface area (Å²) in [7, 11) is 1.73. The van der Waals surface area contributed by atoms with Crippen LogP contribution in [0.25, 0.3) is 0 Å². The van der Waals surface area contributed by atoms with Crippen molar-refractivity contribution < 1.29 is 14.4 Å². The smallest absolute Gasteiger partial charge is 0.322 e. The fraction of sp³-hybridized carbons (Fsp3) is 0.714. The maximum Gasteiger partial charge on any atom is 0.322 e. The van der Waals surface area contributed by atoms with E-state index in [0.717, 1.165) is 0 Å². The van der Waals surface area contributed by atoms with Gasteiger partial charge in [0, 0.05) is 20.5 Å². The van der Waals surface area contributed by atoms with E-state index in [9.17, 15) is 9.59 Å². The summed E-state index contributed by atoms with van der Waals surface area (Å²) in [5.74, 6) is -0.408. The first kappa shape index (κ1) is 8.99. The first-order chi connectivity index (χ1) is 5.59. The minimum atomic E-state index is -0.382. The van der Waals surface area contributed by atoms with Gasteiger partial charge in [0.2, 0.25) is 5.91 Å². The number of hydroxylamine groups is 2. The summed E-state index contributed by atoms with van der Waals surface area (Å²) < 4.78 is 0. The molecule has 0 N–H and O–H groups in total. The molecule has 0 aromatic rings. The lowest BCUT2D eigenvalue weighted by atomic mass is 10.4. The van der Waals surface area contributed by atoms with Crippen molar-refractivity contribution in [1.82, 2.24) is 9.96 Å². The minimum absolute atomic E-state index is 0.0255. The van der Waals surface area contributed by atoms with E-state index in [1.54, 1.807) is 11.9 Å². The van der Waals surface area contributed by atoms with Crippen LogP contribution < -0.4 is 0 Å². The molecule has 0 spiro atoms. The molecular weight excluding hydrogens is 160 g/mol. The molecule has 0 atom stereocenters. The van der Waals surface area contributed by atoms with Crippen molar-refractivity contribution in [3.05, 3.63) is 0 Å².